The number of hydrogen-bond acceptors (Lipinski definition) is 4. The predicted molar refractivity (Wildman–Crippen MR) is 84.2 cm³/mol. The van der Waals surface area contributed by atoms with E-state index in [1.165, 1.54) is 0 Å². The van der Waals surface area contributed by atoms with E-state index in [1.807, 2.05) is 6.07 Å². The maximum atomic E-state index is 12.1. The van der Waals surface area contributed by atoms with Crippen molar-refractivity contribution in [1.82, 2.24) is 4.90 Å². The Bertz CT molecular complexity index is 533. The zero-order valence-electron chi connectivity index (χ0n) is 12.0. The van der Waals surface area contributed by atoms with Crippen molar-refractivity contribution in [2.24, 2.45) is 11.7 Å². The van der Waals surface area contributed by atoms with Gasteiger partial charge < -0.3 is 20.5 Å². The van der Waals surface area contributed by atoms with E-state index in [4.69, 9.17) is 22.7 Å². The Morgan fingerprint density at radius 3 is 2.90 bits per heavy atom. The smallest absolute Gasteiger partial charge is 0.260 e. The number of nitrogens with zero attached hydrogens (tertiary/aromatic N) is 1. The van der Waals surface area contributed by atoms with Gasteiger partial charge in [0.05, 0.1) is 11.7 Å². The van der Waals surface area contributed by atoms with E-state index in [1.54, 1.807) is 30.0 Å². The fourth-order valence-corrected chi connectivity index (χ4v) is 2.60. The third kappa shape index (κ3) is 3.92. The highest BCUT2D eigenvalue weighted by molar-refractivity contribution is 7.80. The standard InChI is InChI=1S/C15H20N2O3S/c1-10(18)11-6-7-17(8-11)14(19)9-20-13-5-3-2-4-12(13)15(16)21/h2-5,10-11,18H,6-9H2,1H3,(H2,16,21). The molecule has 1 aliphatic heterocycles. The van der Waals surface area contributed by atoms with Crippen molar-refractivity contribution >= 4 is 23.1 Å². The molecule has 2 atom stereocenters. The van der Waals surface area contributed by atoms with E-state index in [9.17, 15) is 9.90 Å². The number of amides is 1. The molecular weight excluding hydrogens is 288 g/mol. The number of rotatable bonds is 5. The van der Waals surface area contributed by atoms with Gasteiger partial charge in [-0.3, -0.25) is 4.79 Å². The summed E-state index contributed by atoms with van der Waals surface area (Å²) in [5.41, 5.74) is 6.25. The van der Waals surface area contributed by atoms with Crippen molar-refractivity contribution in [2.45, 2.75) is 19.4 Å². The molecule has 1 aliphatic rings. The van der Waals surface area contributed by atoms with Crippen LogP contribution < -0.4 is 10.5 Å². The van der Waals surface area contributed by atoms with Crippen molar-refractivity contribution in [2.75, 3.05) is 19.7 Å². The second kappa shape index (κ2) is 6.87. The molecule has 2 unspecified atom stereocenters. The molecule has 1 heterocycles. The summed E-state index contributed by atoms with van der Waals surface area (Å²) < 4.78 is 5.55. The lowest BCUT2D eigenvalue weighted by Crippen LogP contribution is -2.34. The zero-order chi connectivity index (χ0) is 15.4. The van der Waals surface area contributed by atoms with Crippen LogP contribution in [0.2, 0.25) is 0 Å². The number of ether oxygens (including phenoxy) is 1. The van der Waals surface area contributed by atoms with Crippen molar-refractivity contribution in [1.29, 1.82) is 0 Å². The van der Waals surface area contributed by atoms with Crippen LogP contribution in [0.15, 0.2) is 24.3 Å². The Labute approximate surface area is 129 Å². The van der Waals surface area contributed by atoms with Gasteiger partial charge in [0.2, 0.25) is 0 Å². The molecule has 114 valence electrons. The van der Waals surface area contributed by atoms with Crippen LogP contribution >= 0.6 is 12.2 Å². The molecular formula is C15H20N2O3S. The molecule has 0 bridgehead atoms. The van der Waals surface area contributed by atoms with Gasteiger partial charge in [0, 0.05) is 19.0 Å². The van der Waals surface area contributed by atoms with Crippen LogP contribution in [-0.2, 0) is 4.79 Å². The molecule has 1 saturated heterocycles. The van der Waals surface area contributed by atoms with Gasteiger partial charge in [0.25, 0.3) is 5.91 Å². The molecule has 6 heteroatoms. The molecule has 21 heavy (non-hydrogen) atoms. The highest BCUT2D eigenvalue weighted by atomic mass is 32.1. The van der Waals surface area contributed by atoms with E-state index in [-0.39, 0.29) is 29.5 Å². The number of carbonyl (C=O) groups is 1. The lowest BCUT2D eigenvalue weighted by atomic mass is 10.0. The average molecular weight is 308 g/mol. The maximum absolute atomic E-state index is 12.1. The third-order valence-corrected chi connectivity index (χ3v) is 3.98. The average Bonchev–Trinajstić information content (AvgIpc) is 2.95. The van der Waals surface area contributed by atoms with Gasteiger partial charge in [-0.2, -0.15) is 0 Å². The molecule has 3 N–H and O–H groups in total. The van der Waals surface area contributed by atoms with Gasteiger partial charge in [-0.25, -0.2) is 0 Å². The highest BCUT2D eigenvalue weighted by Gasteiger charge is 2.29. The van der Waals surface area contributed by atoms with E-state index in [0.717, 1.165) is 6.42 Å². The molecule has 0 aromatic heterocycles. The number of nitrogens with two attached hydrogens (primary N) is 1. The van der Waals surface area contributed by atoms with Gasteiger partial charge in [-0.05, 0) is 25.5 Å². The molecule has 1 fully saturated rings. The van der Waals surface area contributed by atoms with Crippen LogP contribution in [0, 0.1) is 5.92 Å². The number of aliphatic hydroxyl groups excluding tert-OH is 1. The predicted octanol–water partition coefficient (Wildman–Crippen LogP) is 0.929. The third-order valence-electron chi connectivity index (χ3n) is 3.76. The summed E-state index contributed by atoms with van der Waals surface area (Å²) >= 11 is 4.96. The van der Waals surface area contributed by atoms with Gasteiger partial charge in [0.15, 0.2) is 6.61 Å². The molecule has 1 amide bonds. The van der Waals surface area contributed by atoms with Gasteiger partial charge in [-0.15, -0.1) is 0 Å². The Hall–Kier alpha value is -1.66. The molecule has 0 saturated carbocycles. The van der Waals surface area contributed by atoms with Gasteiger partial charge in [-0.1, -0.05) is 24.4 Å². The van der Waals surface area contributed by atoms with Crippen LogP contribution in [0.25, 0.3) is 0 Å². The Balaban J connectivity index is 1.92. The monoisotopic (exact) mass is 308 g/mol. The summed E-state index contributed by atoms with van der Waals surface area (Å²) in [4.78, 5) is 14.1. The number of likely N-dealkylation sites (tertiary alicyclic amines) is 1. The largest absolute Gasteiger partial charge is 0.483 e. The van der Waals surface area contributed by atoms with Crippen LogP contribution in [-0.4, -0.2) is 46.7 Å². The molecule has 2 rings (SSSR count). The molecule has 1 aromatic rings. The summed E-state index contributed by atoms with van der Waals surface area (Å²) in [5.74, 6) is 0.582. The Morgan fingerprint density at radius 2 is 2.29 bits per heavy atom. The minimum absolute atomic E-state index is 0.0494. The Morgan fingerprint density at radius 1 is 1.57 bits per heavy atom. The van der Waals surface area contributed by atoms with Crippen molar-refractivity contribution in [3.63, 3.8) is 0 Å². The quantitative estimate of drug-likeness (QED) is 0.792. The van der Waals surface area contributed by atoms with Crippen LogP contribution in [0.5, 0.6) is 5.75 Å². The first-order valence-corrected chi connectivity index (χ1v) is 7.37. The fraction of sp³-hybridized carbons (Fsp3) is 0.467. The number of aliphatic hydroxyl groups is 1. The summed E-state index contributed by atoms with van der Waals surface area (Å²) in [7, 11) is 0. The first-order chi connectivity index (χ1) is 9.99. The topological polar surface area (TPSA) is 75.8 Å². The lowest BCUT2D eigenvalue weighted by molar-refractivity contribution is -0.132. The second-order valence-electron chi connectivity index (χ2n) is 5.28. The molecule has 0 radical (unpaired) electrons. The summed E-state index contributed by atoms with van der Waals surface area (Å²) in [5, 5.41) is 9.56. The molecule has 0 spiro atoms. The first-order valence-electron chi connectivity index (χ1n) is 6.96. The van der Waals surface area contributed by atoms with Crippen molar-refractivity contribution < 1.29 is 14.6 Å². The lowest BCUT2D eigenvalue weighted by Gasteiger charge is -2.18. The van der Waals surface area contributed by atoms with E-state index in [0.29, 0.717) is 24.4 Å². The second-order valence-corrected chi connectivity index (χ2v) is 5.72. The zero-order valence-corrected chi connectivity index (χ0v) is 12.8. The SMILES string of the molecule is CC(O)C1CCN(C(=O)COc2ccccc2C(N)=S)C1. The number of thiocarbonyl (C=S) groups is 1. The first kappa shape index (κ1) is 15.7. The number of hydrogen-bond donors (Lipinski definition) is 2. The van der Waals surface area contributed by atoms with E-state index in [2.05, 4.69) is 0 Å². The van der Waals surface area contributed by atoms with Crippen LogP contribution in [0.4, 0.5) is 0 Å². The number of benzene rings is 1. The van der Waals surface area contributed by atoms with Crippen molar-refractivity contribution in [3.8, 4) is 5.75 Å². The molecule has 1 aromatic carbocycles. The normalized spacial score (nSPS) is 19.3. The van der Waals surface area contributed by atoms with Crippen molar-refractivity contribution in [3.05, 3.63) is 29.8 Å². The van der Waals surface area contributed by atoms with Gasteiger partial charge >= 0.3 is 0 Å². The van der Waals surface area contributed by atoms with Crippen LogP contribution in [0.1, 0.15) is 18.9 Å². The van der Waals surface area contributed by atoms with E-state index >= 15 is 0 Å². The molecule has 0 aliphatic carbocycles. The molecule has 5 nitrogen and oxygen atoms in total. The number of para-hydroxylation sites is 1. The number of carbonyl (C=O) groups excluding carboxylic acids is 1. The fourth-order valence-electron chi connectivity index (χ4n) is 2.43. The van der Waals surface area contributed by atoms with Crippen LogP contribution in [0.3, 0.4) is 0 Å². The highest BCUT2D eigenvalue weighted by Crippen LogP contribution is 2.21. The minimum Gasteiger partial charge on any atom is -0.483 e. The van der Waals surface area contributed by atoms with E-state index < -0.39 is 0 Å². The maximum Gasteiger partial charge on any atom is 0.260 e. The Kier molecular flexibility index (Phi) is 5.14. The summed E-state index contributed by atoms with van der Waals surface area (Å²) in [6.45, 7) is 2.95. The van der Waals surface area contributed by atoms with Gasteiger partial charge in [0.1, 0.15) is 10.7 Å². The summed E-state index contributed by atoms with van der Waals surface area (Å²) in [6.07, 6.45) is 0.437. The summed E-state index contributed by atoms with van der Waals surface area (Å²) in [6, 6.07) is 7.13. The minimum atomic E-state index is -0.390.